The fourth-order valence-electron chi connectivity index (χ4n) is 0.702. The first kappa shape index (κ1) is 9.92. The van der Waals surface area contributed by atoms with E-state index in [0.29, 0.717) is 12.5 Å². The lowest BCUT2D eigenvalue weighted by Crippen LogP contribution is -2.34. The largest absolute Gasteiger partial charge is 0.389 e. The lowest BCUT2D eigenvalue weighted by atomic mass is 9.96. The fourth-order valence-corrected chi connectivity index (χ4v) is 0.702. The third kappa shape index (κ3) is 4.77. The first-order chi connectivity index (χ1) is 4.48. The summed E-state index contributed by atoms with van der Waals surface area (Å²) in [5.41, 5.74) is 4.69. The first-order valence-electron chi connectivity index (χ1n) is 3.90. The van der Waals surface area contributed by atoms with Crippen LogP contribution in [0.25, 0.3) is 0 Å². The van der Waals surface area contributed by atoms with Crippen molar-refractivity contribution in [3.8, 4) is 0 Å². The van der Waals surface area contributed by atoms with Gasteiger partial charge in [-0.3, -0.25) is 0 Å². The normalized spacial score (nSPS) is 17.4. The highest BCUT2D eigenvalue weighted by Crippen LogP contribution is 2.14. The summed E-state index contributed by atoms with van der Waals surface area (Å²) in [5, 5.41) is 9.45. The number of aliphatic hydroxyl groups is 1. The number of hydrogen-bond acceptors (Lipinski definition) is 2. The average molecular weight is 145 g/mol. The minimum absolute atomic E-state index is 0.361. The highest BCUT2D eigenvalue weighted by molar-refractivity contribution is 4.73. The van der Waals surface area contributed by atoms with Gasteiger partial charge in [0.2, 0.25) is 0 Å². The molecule has 3 N–H and O–H groups in total. The van der Waals surface area contributed by atoms with E-state index in [0.717, 1.165) is 12.8 Å². The molecule has 0 amide bonds. The Morgan fingerprint density at radius 3 is 2.30 bits per heavy atom. The molecule has 2 nitrogen and oxygen atoms in total. The zero-order valence-corrected chi connectivity index (χ0v) is 7.22. The molecule has 0 bridgehead atoms. The van der Waals surface area contributed by atoms with Crippen LogP contribution < -0.4 is 5.73 Å². The van der Waals surface area contributed by atoms with Crippen LogP contribution >= 0.6 is 0 Å². The van der Waals surface area contributed by atoms with Crippen LogP contribution in [0.2, 0.25) is 0 Å². The molecular weight excluding hydrogens is 126 g/mol. The molecule has 0 radical (unpaired) electrons. The monoisotopic (exact) mass is 145 g/mol. The SMILES string of the molecule is CC(C)CC[C@](C)(O)CN. The van der Waals surface area contributed by atoms with E-state index in [1.807, 2.05) is 0 Å². The van der Waals surface area contributed by atoms with Crippen molar-refractivity contribution >= 4 is 0 Å². The standard InChI is InChI=1S/C8H19NO/c1-7(2)4-5-8(3,10)6-9/h7,10H,4-6,9H2,1-3H3/t8-/m0/s1. The van der Waals surface area contributed by atoms with E-state index < -0.39 is 5.60 Å². The van der Waals surface area contributed by atoms with E-state index >= 15 is 0 Å². The minimum Gasteiger partial charge on any atom is -0.389 e. The minimum atomic E-state index is -0.649. The van der Waals surface area contributed by atoms with Crippen LogP contribution in [0.15, 0.2) is 0 Å². The summed E-state index contributed by atoms with van der Waals surface area (Å²) < 4.78 is 0. The van der Waals surface area contributed by atoms with Gasteiger partial charge in [-0.2, -0.15) is 0 Å². The van der Waals surface area contributed by atoms with Crippen molar-refractivity contribution < 1.29 is 5.11 Å². The molecule has 1 atom stereocenters. The fraction of sp³-hybridized carbons (Fsp3) is 1.00. The third-order valence-electron chi connectivity index (χ3n) is 1.70. The molecule has 0 aromatic rings. The molecule has 10 heavy (non-hydrogen) atoms. The number of rotatable bonds is 4. The molecule has 2 heteroatoms. The first-order valence-corrected chi connectivity index (χ1v) is 3.90. The van der Waals surface area contributed by atoms with E-state index in [1.165, 1.54) is 0 Å². The summed E-state index contributed by atoms with van der Waals surface area (Å²) in [4.78, 5) is 0. The van der Waals surface area contributed by atoms with Gasteiger partial charge in [0.25, 0.3) is 0 Å². The van der Waals surface area contributed by atoms with Gasteiger partial charge in [0.05, 0.1) is 5.60 Å². The lowest BCUT2D eigenvalue weighted by Gasteiger charge is -2.21. The molecule has 62 valence electrons. The summed E-state index contributed by atoms with van der Waals surface area (Å²) in [6, 6.07) is 0. The van der Waals surface area contributed by atoms with Crippen molar-refractivity contribution in [1.29, 1.82) is 0 Å². The van der Waals surface area contributed by atoms with Crippen molar-refractivity contribution in [2.75, 3.05) is 6.54 Å². The van der Waals surface area contributed by atoms with E-state index in [4.69, 9.17) is 5.73 Å². The Balaban J connectivity index is 3.46. The zero-order chi connectivity index (χ0) is 8.20. The van der Waals surface area contributed by atoms with Crippen molar-refractivity contribution in [3.63, 3.8) is 0 Å². The van der Waals surface area contributed by atoms with Gasteiger partial charge in [-0.15, -0.1) is 0 Å². The van der Waals surface area contributed by atoms with E-state index in [-0.39, 0.29) is 0 Å². The molecule has 0 aromatic heterocycles. The summed E-state index contributed by atoms with van der Waals surface area (Å²) in [6.07, 6.45) is 1.85. The number of nitrogens with two attached hydrogens (primary N) is 1. The molecule has 0 spiro atoms. The van der Waals surface area contributed by atoms with Crippen molar-refractivity contribution in [2.24, 2.45) is 11.7 Å². The van der Waals surface area contributed by atoms with Crippen LogP contribution in [-0.2, 0) is 0 Å². The Morgan fingerprint density at radius 2 is 2.00 bits per heavy atom. The topological polar surface area (TPSA) is 46.2 Å². The van der Waals surface area contributed by atoms with Crippen molar-refractivity contribution in [2.45, 2.75) is 39.2 Å². The summed E-state index contributed by atoms with van der Waals surface area (Å²) >= 11 is 0. The number of hydrogen-bond donors (Lipinski definition) is 2. The Kier molecular flexibility index (Phi) is 3.91. The molecule has 0 unspecified atom stereocenters. The quantitative estimate of drug-likeness (QED) is 0.623. The second-order valence-corrected chi connectivity index (χ2v) is 3.63. The van der Waals surface area contributed by atoms with Crippen molar-refractivity contribution in [1.82, 2.24) is 0 Å². The van der Waals surface area contributed by atoms with Gasteiger partial charge < -0.3 is 10.8 Å². The highest BCUT2D eigenvalue weighted by atomic mass is 16.3. The van der Waals surface area contributed by atoms with Crippen LogP contribution in [0.5, 0.6) is 0 Å². The summed E-state index contributed by atoms with van der Waals surface area (Å²) in [5.74, 6) is 0.651. The van der Waals surface area contributed by atoms with E-state index in [9.17, 15) is 5.11 Å². The maximum atomic E-state index is 9.45. The van der Waals surface area contributed by atoms with Crippen molar-refractivity contribution in [3.05, 3.63) is 0 Å². The van der Waals surface area contributed by atoms with Crippen LogP contribution in [0.3, 0.4) is 0 Å². The molecule has 0 aliphatic heterocycles. The summed E-state index contributed by atoms with van der Waals surface area (Å²) in [6.45, 7) is 6.44. The maximum Gasteiger partial charge on any atom is 0.0741 e. The summed E-state index contributed by atoms with van der Waals surface area (Å²) in [7, 11) is 0. The highest BCUT2D eigenvalue weighted by Gasteiger charge is 2.17. The van der Waals surface area contributed by atoms with Crippen LogP contribution in [0.1, 0.15) is 33.6 Å². The molecule has 0 aliphatic rings. The molecule has 0 fully saturated rings. The van der Waals surface area contributed by atoms with Gasteiger partial charge >= 0.3 is 0 Å². The Morgan fingerprint density at radius 1 is 1.50 bits per heavy atom. The third-order valence-corrected chi connectivity index (χ3v) is 1.70. The van der Waals surface area contributed by atoms with E-state index in [2.05, 4.69) is 13.8 Å². The Bertz CT molecular complexity index is 89.3. The molecule has 0 saturated carbocycles. The van der Waals surface area contributed by atoms with Crippen LogP contribution in [0.4, 0.5) is 0 Å². The molecule has 0 saturated heterocycles. The molecule has 0 heterocycles. The van der Waals surface area contributed by atoms with Crippen LogP contribution in [0, 0.1) is 5.92 Å². The maximum absolute atomic E-state index is 9.45. The zero-order valence-electron chi connectivity index (χ0n) is 7.22. The molecule has 0 aliphatic carbocycles. The predicted octanol–water partition coefficient (Wildman–Crippen LogP) is 1.13. The Hall–Kier alpha value is -0.0800. The molecule has 0 rings (SSSR count). The average Bonchev–Trinajstić information content (AvgIpc) is 1.85. The molecular formula is C8H19NO. The predicted molar refractivity (Wildman–Crippen MR) is 43.8 cm³/mol. The lowest BCUT2D eigenvalue weighted by molar-refractivity contribution is 0.0543. The van der Waals surface area contributed by atoms with Gasteiger partial charge in [-0.1, -0.05) is 13.8 Å². The van der Waals surface area contributed by atoms with Gasteiger partial charge in [-0.25, -0.2) is 0 Å². The van der Waals surface area contributed by atoms with Crippen LogP contribution in [-0.4, -0.2) is 17.3 Å². The Labute approximate surface area is 63.4 Å². The smallest absolute Gasteiger partial charge is 0.0741 e. The second kappa shape index (κ2) is 3.94. The van der Waals surface area contributed by atoms with Gasteiger partial charge in [0.1, 0.15) is 0 Å². The molecule has 0 aromatic carbocycles. The van der Waals surface area contributed by atoms with Gasteiger partial charge in [0.15, 0.2) is 0 Å². The second-order valence-electron chi connectivity index (χ2n) is 3.63. The van der Waals surface area contributed by atoms with Gasteiger partial charge in [-0.05, 0) is 25.7 Å². The van der Waals surface area contributed by atoms with Gasteiger partial charge in [0, 0.05) is 6.54 Å². The van der Waals surface area contributed by atoms with E-state index in [1.54, 1.807) is 6.92 Å².